The molecule has 1 saturated heterocycles. The molecule has 1 rings (SSSR count). The van der Waals surface area contributed by atoms with Gasteiger partial charge < -0.3 is 15.4 Å². The van der Waals surface area contributed by atoms with Gasteiger partial charge in [0.15, 0.2) is 0 Å². The predicted molar refractivity (Wildman–Crippen MR) is 77.2 cm³/mol. The number of nitrogens with zero attached hydrogens (tertiary/aromatic N) is 1. The Kier molecular flexibility index (Phi) is 7.34. The first-order valence-electron chi connectivity index (χ1n) is 7.24. The summed E-state index contributed by atoms with van der Waals surface area (Å²) in [5, 5.41) is 6.27. The third-order valence-electron chi connectivity index (χ3n) is 3.99. The average molecular weight is 271 g/mol. The molecule has 0 aromatic rings. The zero-order chi connectivity index (χ0) is 14.3. The van der Waals surface area contributed by atoms with Crippen molar-refractivity contribution >= 4 is 5.91 Å². The van der Waals surface area contributed by atoms with Gasteiger partial charge in [0.05, 0.1) is 13.2 Å². The molecule has 0 spiro atoms. The summed E-state index contributed by atoms with van der Waals surface area (Å²) >= 11 is 0. The van der Waals surface area contributed by atoms with Crippen LogP contribution in [-0.4, -0.2) is 63.3 Å². The number of hydrogen-bond acceptors (Lipinski definition) is 4. The quantitative estimate of drug-likeness (QED) is 0.706. The first-order valence-corrected chi connectivity index (χ1v) is 7.24. The lowest BCUT2D eigenvalue weighted by atomic mass is 9.90. The van der Waals surface area contributed by atoms with Crippen molar-refractivity contribution in [2.45, 2.75) is 38.8 Å². The van der Waals surface area contributed by atoms with Crippen molar-refractivity contribution in [2.75, 3.05) is 40.4 Å². The summed E-state index contributed by atoms with van der Waals surface area (Å²) < 4.78 is 5.01. The van der Waals surface area contributed by atoms with Crippen molar-refractivity contribution in [3.8, 4) is 0 Å². The highest BCUT2D eigenvalue weighted by Gasteiger charge is 2.24. The van der Waals surface area contributed by atoms with Gasteiger partial charge in [0.1, 0.15) is 0 Å². The van der Waals surface area contributed by atoms with Crippen LogP contribution in [0.3, 0.4) is 0 Å². The summed E-state index contributed by atoms with van der Waals surface area (Å²) in [6.45, 7) is 7.30. The van der Waals surface area contributed by atoms with E-state index in [-0.39, 0.29) is 11.9 Å². The van der Waals surface area contributed by atoms with Crippen molar-refractivity contribution in [2.24, 2.45) is 5.92 Å². The van der Waals surface area contributed by atoms with Crippen LogP contribution in [0.2, 0.25) is 0 Å². The monoisotopic (exact) mass is 271 g/mol. The fourth-order valence-corrected chi connectivity index (χ4v) is 2.66. The van der Waals surface area contributed by atoms with Gasteiger partial charge in [-0.1, -0.05) is 0 Å². The third kappa shape index (κ3) is 5.89. The van der Waals surface area contributed by atoms with Gasteiger partial charge in [-0.2, -0.15) is 0 Å². The second-order valence-corrected chi connectivity index (χ2v) is 5.61. The molecule has 5 heteroatoms. The largest absolute Gasteiger partial charge is 0.383 e. The molecular weight excluding hydrogens is 242 g/mol. The lowest BCUT2D eigenvalue weighted by Gasteiger charge is -2.34. The highest BCUT2D eigenvalue weighted by atomic mass is 16.5. The lowest BCUT2D eigenvalue weighted by Crippen LogP contribution is -2.46. The molecule has 5 nitrogen and oxygen atoms in total. The zero-order valence-corrected chi connectivity index (χ0v) is 12.7. The van der Waals surface area contributed by atoms with Crippen molar-refractivity contribution in [3.63, 3.8) is 0 Å². The Labute approximate surface area is 117 Å². The Balaban J connectivity index is 2.23. The van der Waals surface area contributed by atoms with Crippen molar-refractivity contribution in [1.82, 2.24) is 15.5 Å². The minimum atomic E-state index is 0.0827. The van der Waals surface area contributed by atoms with E-state index < -0.39 is 0 Å². The van der Waals surface area contributed by atoms with E-state index in [1.54, 1.807) is 7.11 Å². The van der Waals surface area contributed by atoms with Gasteiger partial charge in [0.2, 0.25) is 5.91 Å². The van der Waals surface area contributed by atoms with Crippen molar-refractivity contribution in [3.05, 3.63) is 0 Å². The average Bonchev–Trinajstić information content (AvgIpc) is 2.38. The molecule has 1 aliphatic rings. The molecule has 0 radical (unpaired) electrons. The fourth-order valence-electron chi connectivity index (χ4n) is 2.66. The van der Waals surface area contributed by atoms with E-state index in [9.17, 15) is 4.79 Å². The minimum Gasteiger partial charge on any atom is -0.383 e. The SMILES string of the molecule is CNC(C)C1CCN(CC(=O)NC(C)COC)CC1. The van der Waals surface area contributed by atoms with Crippen LogP contribution in [-0.2, 0) is 9.53 Å². The number of nitrogens with one attached hydrogen (secondary N) is 2. The molecule has 2 N–H and O–H groups in total. The van der Waals surface area contributed by atoms with Crippen LogP contribution in [0.4, 0.5) is 0 Å². The summed E-state index contributed by atoms with van der Waals surface area (Å²) in [5.41, 5.74) is 0. The van der Waals surface area contributed by atoms with Gasteiger partial charge in [-0.25, -0.2) is 0 Å². The highest BCUT2D eigenvalue weighted by molar-refractivity contribution is 5.78. The standard InChI is InChI=1S/C14H29N3O2/c1-11(10-19-4)16-14(18)9-17-7-5-13(6-8-17)12(2)15-3/h11-13,15H,5-10H2,1-4H3,(H,16,18). The Morgan fingerprint density at radius 2 is 2.00 bits per heavy atom. The molecule has 1 amide bonds. The molecule has 2 unspecified atom stereocenters. The van der Waals surface area contributed by atoms with Crippen LogP contribution >= 0.6 is 0 Å². The summed E-state index contributed by atoms with van der Waals surface area (Å²) in [7, 11) is 3.66. The van der Waals surface area contributed by atoms with E-state index in [2.05, 4.69) is 22.5 Å². The topological polar surface area (TPSA) is 53.6 Å². The number of piperidine rings is 1. The summed E-state index contributed by atoms with van der Waals surface area (Å²) in [5.74, 6) is 0.835. The van der Waals surface area contributed by atoms with Gasteiger partial charge in [0, 0.05) is 19.2 Å². The third-order valence-corrected chi connectivity index (χ3v) is 3.99. The molecule has 1 aliphatic heterocycles. The first-order chi connectivity index (χ1) is 9.06. The van der Waals surface area contributed by atoms with Gasteiger partial charge >= 0.3 is 0 Å². The van der Waals surface area contributed by atoms with Crippen molar-refractivity contribution in [1.29, 1.82) is 0 Å². The number of amides is 1. The van der Waals surface area contributed by atoms with E-state index in [1.807, 2.05) is 14.0 Å². The Bertz CT molecular complexity index is 265. The van der Waals surface area contributed by atoms with Gasteiger partial charge in [-0.05, 0) is 52.7 Å². The van der Waals surface area contributed by atoms with Crippen LogP contribution in [0.15, 0.2) is 0 Å². The molecular formula is C14H29N3O2. The summed E-state index contributed by atoms with van der Waals surface area (Å²) in [6.07, 6.45) is 2.34. The van der Waals surface area contributed by atoms with E-state index in [0.717, 1.165) is 19.0 Å². The molecule has 0 saturated carbocycles. The number of rotatable bonds is 7. The number of carbonyl (C=O) groups is 1. The normalized spacial score (nSPS) is 21.1. The van der Waals surface area contributed by atoms with Gasteiger partial charge in [0.25, 0.3) is 0 Å². The van der Waals surface area contributed by atoms with Crippen LogP contribution in [0.1, 0.15) is 26.7 Å². The molecule has 1 fully saturated rings. The number of hydrogen-bond donors (Lipinski definition) is 2. The Morgan fingerprint density at radius 3 is 2.53 bits per heavy atom. The predicted octanol–water partition coefficient (Wildman–Crippen LogP) is 0.457. The second kappa shape index (κ2) is 8.51. The number of ether oxygens (including phenoxy) is 1. The van der Waals surface area contributed by atoms with Gasteiger partial charge in [-0.15, -0.1) is 0 Å². The molecule has 0 aromatic heterocycles. The van der Waals surface area contributed by atoms with Crippen LogP contribution in [0.5, 0.6) is 0 Å². The maximum absolute atomic E-state index is 11.8. The van der Waals surface area contributed by atoms with Crippen LogP contribution in [0, 0.1) is 5.92 Å². The highest BCUT2D eigenvalue weighted by Crippen LogP contribution is 2.20. The smallest absolute Gasteiger partial charge is 0.234 e. The zero-order valence-electron chi connectivity index (χ0n) is 12.7. The fraction of sp³-hybridized carbons (Fsp3) is 0.929. The van der Waals surface area contributed by atoms with E-state index >= 15 is 0 Å². The van der Waals surface area contributed by atoms with Crippen LogP contribution in [0.25, 0.3) is 0 Å². The molecule has 2 atom stereocenters. The maximum atomic E-state index is 11.8. The van der Waals surface area contributed by atoms with Crippen LogP contribution < -0.4 is 10.6 Å². The molecule has 0 aromatic carbocycles. The van der Waals surface area contributed by atoms with E-state index in [1.165, 1.54) is 12.8 Å². The van der Waals surface area contributed by atoms with E-state index in [0.29, 0.717) is 19.2 Å². The minimum absolute atomic E-state index is 0.0827. The second-order valence-electron chi connectivity index (χ2n) is 5.61. The number of likely N-dealkylation sites (tertiary alicyclic amines) is 1. The molecule has 112 valence electrons. The summed E-state index contributed by atoms with van der Waals surface area (Å²) in [4.78, 5) is 14.1. The number of carbonyl (C=O) groups excluding carboxylic acids is 1. The molecule has 0 bridgehead atoms. The Morgan fingerprint density at radius 1 is 1.37 bits per heavy atom. The molecule has 0 aliphatic carbocycles. The van der Waals surface area contributed by atoms with Crippen molar-refractivity contribution < 1.29 is 9.53 Å². The maximum Gasteiger partial charge on any atom is 0.234 e. The number of methoxy groups -OCH3 is 1. The molecule has 19 heavy (non-hydrogen) atoms. The summed E-state index contributed by atoms with van der Waals surface area (Å²) in [6, 6.07) is 0.650. The lowest BCUT2D eigenvalue weighted by molar-refractivity contribution is -0.123. The first kappa shape index (κ1) is 16.4. The van der Waals surface area contributed by atoms with Gasteiger partial charge in [-0.3, -0.25) is 9.69 Å². The molecule has 1 heterocycles. The van der Waals surface area contributed by atoms with E-state index in [4.69, 9.17) is 4.74 Å². The Hall–Kier alpha value is -0.650.